The maximum atomic E-state index is 11.5. The van der Waals surface area contributed by atoms with Crippen molar-refractivity contribution in [2.24, 2.45) is 5.73 Å². The van der Waals surface area contributed by atoms with Crippen molar-refractivity contribution < 1.29 is 12.6 Å². The Hall–Kier alpha value is -0.910. The normalized spacial score (nSPS) is 11.6. The fraction of sp³-hybridized carbons (Fsp3) is 0.400. The summed E-state index contributed by atoms with van der Waals surface area (Å²) in [4.78, 5) is 0.174. The van der Waals surface area contributed by atoms with Crippen molar-refractivity contribution in [2.75, 3.05) is 13.2 Å². The van der Waals surface area contributed by atoms with Crippen LogP contribution in [0.25, 0.3) is 0 Å². The third-order valence-corrected chi connectivity index (χ3v) is 3.30. The van der Waals surface area contributed by atoms with Gasteiger partial charge in [0.15, 0.2) is 0 Å². The predicted molar refractivity (Wildman–Crippen MR) is 58.0 cm³/mol. The van der Waals surface area contributed by atoms with Gasteiger partial charge in [0.1, 0.15) is 0 Å². The van der Waals surface area contributed by atoms with Crippen molar-refractivity contribution in [3.63, 3.8) is 0 Å². The van der Waals surface area contributed by atoms with E-state index in [0.717, 1.165) is 12.0 Å². The van der Waals surface area contributed by atoms with Gasteiger partial charge in [0.2, 0.25) is 0 Å². The van der Waals surface area contributed by atoms with Crippen LogP contribution in [-0.2, 0) is 20.7 Å². The Morgan fingerprint density at radius 1 is 1.27 bits per heavy atom. The lowest BCUT2D eigenvalue weighted by Crippen LogP contribution is -2.14. The highest BCUT2D eigenvalue weighted by Gasteiger charge is 2.13. The van der Waals surface area contributed by atoms with E-state index in [-0.39, 0.29) is 18.0 Å². The molecule has 0 bridgehead atoms. The average Bonchev–Trinajstić information content (AvgIpc) is 2.26. The predicted octanol–water partition coefficient (Wildman–Crippen LogP) is 0.913. The summed E-state index contributed by atoms with van der Waals surface area (Å²) < 4.78 is 27.7. The van der Waals surface area contributed by atoms with Crippen LogP contribution in [-0.4, -0.2) is 21.6 Å². The van der Waals surface area contributed by atoms with Crippen LogP contribution in [0.5, 0.6) is 0 Å². The highest BCUT2D eigenvalue weighted by atomic mass is 32.2. The van der Waals surface area contributed by atoms with Gasteiger partial charge in [-0.1, -0.05) is 19.1 Å². The van der Waals surface area contributed by atoms with Crippen LogP contribution in [0.4, 0.5) is 0 Å². The van der Waals surface area contributed by atoms with E-state index in [1.807, 2.05) is 6.92 Å². The summed E-state index contributed by atoms with van der Waals surface area (Å²) in [6.07, 6.45) is 0.879. The molecule has 0 spiro atoms. The SMILES string of the molecule is CCc1ccc(S(=O)(=O)OCCN)cc1. The molecule has 4 nitrogen and oxygen atoms in total. The molecule has 0 unspecified atom stereocenters. The lowest BCUT2D eigenvalue weighted by molar-refractivity contribution is 0.327. The molecule has 1 aromatic carbocycles. The fourth-order valence-corrected chi connectivity index (χ4v) is 2.04. The van der Waals surface area contributed by atoms with Crippen LogP contribution < -0.4 is 5.73 Å². The van der Waals surface area contributed by atoms with E-state index >= 15 is 0 Å². The zero-order chi connectivity index (χ0) is 11.3. The standard InChI is InChI=1S/C10H15NO3S/c1-2-9-3-5-10(6-4-9)15(12,13)14-8-7-11/h3-6H,2,7-8,11H2,1H3. The first-order chi connectivity index (χ1) is 7.10. The molecule has 0 aromatic heterocycles. The van der Waals surface area contributed by atoms with Crippen LogP contribution in [0.15, 0.2) is 29.2 Å². The first-order valence-corrected chi connectivity index (χ1v) is 6.19. The molecule has 1 aromatic rings. The van der Waals surface area contributed by atoms with Gasteiger partial charge < -0.3 is 5.73 Å². The van der Waals surface area contributed by atoms with Crippen molar-refractivity contribution >= 4 is 10.1 Å². The maximum Gasteiger partial charge on any atom is 0.297 e. The molecule has 0 heterocycles. The van der Waals surface area contributed by atoms with Crippen LogP contribution in [0.2, 0.25) is 0 Å². The summed E-state index contributed by atoms with van der Waals surface area (Å²) in [6, 6.07) is 6.65. The van der Waals surface area contributed by atoms with Crippen LogP contribution in [0.3, 0.4) is 0 Å². The Bertz CT molecular complexity index is 397. The van der Waals surface area contributed by atoms with Gasteiger partial charge >= 0.3 is 0 Å². The molecule has 84 valence electrons. The van der Waals surface area contributed by atoms with Gasteiger partial charge in [0.05, 0.1) is 11.5 Å². The lowest BCUT2D eigenvalue weighted by atomic mass is 10.2. The second-order valence-electron chi connectivity index (χ2n) is 3.06. The highest BCUT2D eigenvalue weighted by molar-refractivity contribution is 7.86. The molecule has 1 rings (SSSR count). The topological polar surface area (TPSA) is 69.4 Å². The summed E-state index contributed by atoms with van der Waals surface area (Å²) in [7, 11) is -3.63. The minimum Gasteiger partial charge on any atom is -0.328 e. The van der Waals surface area contributed by atoms with Crippen molar-refractivity contribution in [1.29, 1.82) is 0 Å². The monoisotopic (exact) mass is 229 g/mol. The van der Waals surface area contributed by atoms with Gasteiger partial charge in [0, 0.05) is 6.54 Å². The molecule has 0 saturated heterocycles. The smallest absolute Gasteiger partial charge is 0.297 e. The Morgan fingerprint density at radius 3 is 2.33 bits per heavy atom. The van der Waals surface area contributed by atoms with Gasteiger partial charge in [0.25, 0.3) is 10.1 Å². The molecule has 15 heavy (non-hydrogen) atoms. The summed E-state index contributed by atoms with van der Waals surface area (Å²) in [6.45, 7) is 2.21. The Morgan fingerprint density at radius 2 is 1.87 bits per heavy atom. The molecular formula is C10H15NO3S. The number of benzene rings is 1. The van der Waals surface area contributed by atoms with Gasteiger partial charge in [-0.25, -0.2) is 0 Å². The second-order valence-corrected chi connectivity index (χ2v) is 4.68. The van der Waals surface area contributed by atoms with E-state index in [1.165, 1.54) is 0 Å². The zero-order valence-corrected chi connectivity index (χ0v) is 9.46. The van der Waals surface area contributed by atoms with Crippen molar-refractivity contribution in [2.45, 2.75) is 18.2 Å². The molecule has 0 aliphatic rings. The van der Waals surface area contributed by atoms with Gasteiger partial charge in [-0.15, -0.1) is 0 Å². The first-order valence-electron chi connectivity index (χ1n) is 4.78. The third-order valence-electron chi connectivity index (χ3n) is 1.98. The number of hydrogen-bond acceptors (Lipinski definition) is 4. The fourth-order valence-electron chi connectivity index (χ4n) is 1.12. The van der Waals surface area contributed by atoms with E-state index in [4.69, 9.17) is 5.73 Å². The molecule has 0 atom stereocenters. The first kappa shape index (κ1) is 12.2. The summed E-state index contributed by atoms with van der Waals surface area (Å²) in [5, 5.41) is 0. The minimum atomic E-state index is -3.63. The van der Waals surface area contributed by atoms with Gasteiger partial charge in [-0.2, -0.15) is 8.42 Å². The van der Waals surface area contributed by atoms with E-state index in [9.17, 15) is 8.42 Å². The Kier molecular flexibility index (Phi) is 4.26. The Labute approximate surface area is 90.2 Å². The quantitative estimate of drug-likeness (QED) is 0.762. The number of aryl methyl sites for hydroxylation is 1. The largest absolute Gasteiger partial charge is 0.328 e. The summed E-state index contributed by atoms with van der Waals surface area (Å²) >= 11 is 0. The van der Waals surface area contributed by atoms with Crippen molar-refractivity contribution in [3.05, 3.63) is 29.8 Å². The van der Waals surface area contributed by atoms with Crippen molar-refractivity contribution in [3.8, 4) is 0 Å². The van der Waals surface area contributed by atoms with Gasteiger partial charge in [-0.05, 0) is 24.1 Å². The summed E-state index contributed by atoms with van der Waals surface area (Å²) in [5.74, 6) is 0. The maximum absolute atomic E-state index is 11.5. The van der Waals surface area contributed by atoms with E-state index in [2.05, 4.69) is 4.18 Å². The van der Waals surface area contributed by atoms with E-state index in [1.54, 1.807) is 24.3 Å². The molecule has 0 saturated carbocycles. The highest BCUT2D eigenvalue weighted by Crippen LogP contribution is 2.13. The van der Waals surface area contributed by atoms with Crippen LogP contribution >= 0.6 is 0 Å². The number of nitrogens with two attached hydrogens (primary N) is 1. The van der Waals surface area contributed by atoms with Crippen LogP contribution in [0, 0.1) is 0 Å². The third kappa shape index (κ3) is 3.30. The molecule has 0 aliphatic carbocycles. The number of rotatable bonds is 5. The van der Waals surface area contributed by atoms with Crippen molar-refractivity contribution in [1.82, 2.24) is 0 Å². The summed E-state index contributed by atoms with van der Waals surface area (Å²) in [5.41, 5.74) is 6.26. The molecule has 5 heteroatoms. The molecule has 0 radical (unpaired) electrons. The molecule has 0 fully saturated rings. The molecule has 2 N–H and O–H groups in total. The second kappa shape index (κ2) is 5.25. The average molecular weight is 229 g/mol. The van der Waals surface area contributed by atoms with E-state index < -0.39 is 10.1 Å². The molecule has 0 amide bonds. The number of hydrogen-bond donors (Lipinski definition) is 1. The molecular weight excluding hydrogens is 214 g/mol. The lowest BCUT2D eigenvalue weighted by Gasteiger charge is -2.04. The Balaban J connectivity index is 2.86. The van der Waals surface area contributed by atoms with Gasteiger partial charge in [-0.3, -0.25) is 4.18 Å². The van der Waals surface area contributed by atoms with Crippen LogP contribution in [0.1, 0.15) is 12.5 Å². The minimum absolute atomic E-state index is 0.0118. The van der Waals surface area contributed by atoms with E-state index in [0.29, 0.717) is 0 Å². The zero-order valence-electron chi connectivity index (χ0n) is 8.64. The molecule has 0 aliphatic heterocycles.